The van der Waals surface area contributed by atoms with Gasteiger partial charge < -0.3 is 14.5 Å². The van der Waals surface area contributed by atoms with E-state index < -0.39 is 12.2 Å². The zero-order valence-corrected chi connectivity index (χ0v) is 15.8. The van der Waals surface area contributed by atoms with Crippen LogP contribution in [0.3, 0.4) is 0 Å². The second kappa shape index (κ2) is 7.35. The molecule has 2 heterocycles. The molecule has 0 unspecified atom stereocenters. The van der Waals surface area contributed by atoms with Crippen molar-refractivity contribution in [1.29, 1.82) is 0 Å². The normalized spacial score (nSPS) is 11.8. The molecule has 0 spiro atoms. The van der Waals surface area contributed by atoms with Crippen molar-refractivity contribution in [3.8, 4) is 17.3 Å². The molecule has 150 valence electrons. The number of fused-ring (bicyclic) bond motifs is 1. The Morgan fingerprint density at radius 3 is 2.69 bits per heavy atom. The average Bonchev–Trinajstić information content (AvgIpc) is 3.31. The number of rotatable bonds is 5. The van der Waals surface area contributed by atoms with Crippen LogP contribution in [0.1, 0.15) is 5.56 Å². The smallest absolute Gasteiger partial charge is 0.452 e. The highest BCUT2D eigenvalue weighted by Gasteiger charge is 2.31. The molecule has 0 atom stereocenters. The number of hydrogen-bond donors (Lipinski definition) is 2. The van der Waals surface area contributed by atoms with Crippen LogP contribution in [0.15, 0.2) is 45.3 Å². The number of halogens is 5. The molecule has 0 aliphatic heterocycles. The van der Waals surface area contributed by atoms with Gasteiger partial charge in [-0.15, -0.1) is 23.4 Å². The first-order valence-electron chi connectivity index (χ1n) is 8.04. The Balaban J connectivity index is 1.52. The molecule has 0 bridgehead atoms. The van der Waals surface area contributed by atoms with E-state index in [0.717, 1.165) is 6.07 Å². The highest BCUT2D eigenvalue weighted by Crippen LogP contribution is 2.33. The van der Waals surface area contributed by atoms with Gasteiger partial charge in [-0.3, -0.25) is 0 Å². The number of alkyl halides is 3. The van der Waals surface area contributed by atoms with E-state index in [-0.39, 0.29) is 33.7 Å². The van der Waals surface area contributed by atoms with E-state index in [2.05, 4.69) is 46.6 Å². The molecule has 4 rings (SSSR count). The third kappa shape index (κ3) is 4.16. The number of H-pyrrole nitrogens is 1. The van der Waals surface area contributed by atoms with Crippen LogP contribution < -0.4 is 10.1 Å². The van der Waals surface area contributed by atoms with Gasteiger partial charge in [0.25, 0.3) is 0 Å². The van der Waals surface area contributed by atoms with Crippen molar-refractivity contribution < 1.29 is 26.7 Å². The van der Waals surface area contributed by atoms with Crippen LogP contribution in [0.2, 0.25) is 0 Å². The molecule has 2 aromatic carbocycles. The standard InChI is InChI=1S/C17H10BrF4N5O2/c18-11-5-9(2-4-13(11)29-17(20,21)22)23-7-8-1-3-12-10(15(8)19)6-14(28-12)16-24-26-27-25-16/h1-6,23H,7H2,(H,24,25,26,27). The summed E-state index contributed by atoms with van der Waals surface area (Å²) in [6.07, 6.45) is -4.79. The maximum absolute atomic E-state index is 14.8. The lowest BCUT2D eigenvalue weighted by Crippen LogP contribution is -2.17. The Morgan fingerprint density at radius 2 is 2.00 bits per heavy atom. The monoisotopic (exact) mass is 471 g/mol. The van der Waals surface area contributed by atoms with Crippen LogP contribution in [-0.4, -0.2) is 27.0 Å². The zero-order chi connectivity index (χ0) is 20.6. The number of hydrogen-bond acceptors (Lipinski definition) is 6. The van der Waals surface area contributed by atoms with Crippen LogP contribution in [0.5, 0.6) is 5.75 Å². The van der Waals surface area contributed by atoms with Gasteiger partial charge in [0.1, 0.15) is 17.1 Å². The number of benzene rings is 2. The molecule has 0 amide bonds. The van der Waals surface area contributed by atoms with E-state index in [1.54, 1.807) is 12.1 Å². The van der Waals surface area contributed by atoms with Crippen LogP contribution in [0, 0.1) is 5.82 Å². The quantitative estimate of drug-likeness (QED) is 0.397. The minimum absolute atomic E-state index is 0.0937. The average molecular weight is 472 g/mol. The maximum Gasteiger partial charge on any atom is 0.573 e. The van der Waals surface area contributed by atoms with Crippen molar-refractivity contribution in [3.05, 3.63) is 52.3 Å². The maximum atomic E-state index is 14.8. The van der Waals surface area contributed by atoms with Gasteiger partial charge in [0.05, 0.1) is 9.86 Å². The van der Waals surface area contributed by atoms with Crippen molar-refractivity contribution in [2.24, 2.45) is 0 Å². The lowest BCUT2D eigenvalue weighted by molar-refractivity contribution is -0.274. The van der Waals surface area contributed by atoms with E-state index in [0.29, 0.717) is 16.8 Å². The summed E-state index contributed by atoms with van der Waals surface area (Å²) in [5.41, 5.74) is 1.14. The number of aromatic amines is 1. The number of tetrazole rings is 1. The van der Waals surface area contributed by atoms with E-state index in [1.807, 2.05) is 0 Å². The topological polar surface area (TPSA) is 88.9 Å². The summed E-state index contributed by atoms with van der Waals surface area (Å²) in [5.74, 6) is -0.402. The third-order valence-electron chi connectivity index (χ3n) is 3.92. The van der Waals surface area contributed by atoms with Gasteiger partial charge in [-0.1, -0.05) is 6.07 Å². The molecule has 0 saturated carbocycles. The highest BCUT2D eigenvalue weighted by molar-refractivity contribution is 9.10. The van der Waals surface area contributed by atoms with E-state index >= 15 is 0 Å². The summed E-state index contributed by atoms with van der Waals surface area (Å²) in [6.45, 7) is 0.0937. The molecule has 0 saturated heterocycles. The summed E-state index contributed by atoms with van der Waals surface area (Å²) < 4.78 is 61.4. The van der Waals surface area contributed by atoms with Crippen LogP contribution in [0.4, 0.5) is 23.2 Å². The Kier molecular flexibility index (Phi) is 4.86. The molecule has 7 nitrogen and oxygen atoms in total. The predicted molar refractivity (Wildman–Crippen MR) is 97.5 cm³/mol. The number of nitrogens with zero attached hydrogens (tertiary/aromatic N) is 3. The van der Waals surface area contributed by atoms with Crippen LogP contribution in [0.25, 0.3) is 22.6 Å². The highest BCUT2D eigenvalue weighted by atomic mass is 79.9. The van der Waals surface area contributed by atoms with Gasteiger partial charge in [-0.2, -0.15) is 5.21 Å². The second-order valence-electron chi connectivity index (χ2n) is 5.84. The van der Waals surface area contributed by atoms with Gasteiger partial charge in [-0.05, 0) is 51.5 Å². The fraction of sp³-hybridized carbons (Fsp3) is 0.118. The van der Waals surface area contributed by atoms with Gasteiger partial charge >= 0.3 is 6.36 Å². The summed E-state index contributed by atoms with van der Waals surface area (Å²) >= 11 is 3.02. The molecule has 0 fully saturated rings. The first kappa shape index (κ1) is 19.2. The predicted octanol–water partition coefficient (Wildman–Crippen LogP) is 5.03. The molecule has 0 radical (unpaired) electrons. The first-order valence-corrected chi connectivity index (χ1v) is 8.83. The number of furan rings is 1. The van der Waals surface area contributed by atoms with E-state index in [9.17, 15) is 17.6 Å². The molecule has 2 N–H and O–H groups in total. The number of ether oxygens (including phenoxy) is 1. The molecule has 0 aliphatic carbocycles. The summed E-state index contributed by atoms with van der Waals surface area (Å²) in [4.78, 5) is 0. The third-order valence-corrected chi connectivity index (χ3v) is 4.54. The van der Waals surface area contributed by atoms with Crippen molar-refractivity contribution in [2.75, 3.05) is 5.32 Å². The SMILES string of the molecule is Fc1c(CNc2ccc(OC(F)(F)F)c(Br)c2)ccc2oc(-c3nn[nH]n3)cc12. The first-order chi connectivity index (χ1) is 13.8. The Labute approximate surface area is 168 Å². The molecule has 2 aromatic heterocycles. The van der Waals surface area contributed by atoms with E-state index in [1.165, 1.54) is 18.2 Å². The zero-order valence-electron chi connectivity index (χ0n) is 14.2. The molecule has 12 heteroatoms. The largest absolute Gasteiger partial charge is 0.573 e. The van der Waals surface area contributed by atoms with Gasteiger partial charge in [0.15, 0.2) is 5.76 Å². The molecule has 4 aromatic rings. The minimum atomic E-state index is -4.79. The van der Waals surface area contributed by atoms with E-state index in [4.69, 9.17) is 4.42 Å². The van der Waals surface area contributed by atoms with Crippen molar-refractivity contribution >= 4 is 32.6 Å². The summed E-state index contributed by atoms with van der Waals surface area (Å²) in [6, 6.07) is 8.59. The number of nitrogens with one attached hydrogen (secondary N) is 2. The number of anilines is 1. The van der Waals surface area contributed by atoms with Gasteiger partial charge in [0.2, 0.25) is 5.82 Å². The van der Waals surface area contributed by atoms with Crippen LogP contribution in [-0.2, 0) is 6.54 Å². The van der Waals surface area contributed by atoms with Crippen molar-refractivity contribution in [2.45, 2.75) is 12.9 Å². The van der Waals surface area contributed by atoms with Crippen molar-refractivity contribution in [1.82, 2.24) is 20.6 Å². The lowest BCUT2D eigenvalue weighted by Gasteiger charge is -2.13. The van der Waals surface area contributed by atoms with Gasteiger partial charge in [-0.25, -0.2) is 4.39 Å². The summed E-state index contributed by atoms with van der Waals surface area (Å²) in [7, 11) is 0. The Morgan fingerprint density at radius 1 is 1.17 bits per heavy atom. The fourth-order valence-corrected chi connectivity index (χ4v) is 3.11. The molecule has 0 aliphatic rings. The minimum Gasteiger partial charge on any atom is -0.452 e. The lowest BCUT2D eigenvalue weighted by atomic mass is 10.1. The second-order valence-corrected chi connectivity index (χ2v) is 6.70. The Hall–Kier alpha value is -3.15. The molecule has 29 heavy (non-hydrogen) atoms. The van der Waals surface area contributed by atoms with Crippen molar-refractivity contribution in [3.63, 3.8) is 0 Å². The molecular weight excluding hydrogens is 462 g/mol. The number of aromatic nitrogens is 4. The fourth-order valence-electron chi connectivity index (χ4n) is 2.65. The Bertz CT molecular complexity index is 1160. The van der Waals surface area contributed by atoms with Crippen LogP contribution >= 0.6 is 15.9 Å². The summed E-state index contributed by atoms with van der Waals surface area (Å²) in [5, 5.41) is 16.5. The molecular formula is C17H10BrF4N5O2. The van der Waals surface area contributed by atoms with Gasteiger partial charge in [0, 0.05) is 17.8 Å².